The smallest absolute Gasteiger partial charge is 0.253 e. The van der Waals surface area contributed by atoms with Crippen LogP contribution in [0.15, 0.2) is 72.1 Å². The Bertz CT molecular complexity index is 883. The highest BCUT2D eigenvalue weighted by Gasteiger charge is 2.19. The van der Waals surface area contributed by atoms with Gasteiger partial charge in [-0.25, -0.2) is 4.98 Å². The van der Waals surface area contributed by atoms with E-state index < -0.39 is 0 Å². The van der Waals surface area contributed by atoms with Crippen LogP contribution in [0.2, 0.25) is 0 Å². The van der Waals surface area contributed by atoms with Gasteiger partial charge < -0.3 is 9.47 Å². The molecule has 0 radical (unpaired) electrons. The highest BCUT2D eigenvalue weighted by Crippen LogP contribution is 2.23. The van der Waals surface area contributed by atoms with E-state index in [1.807, 2.05) is 35.5 Å². The molecule has 0 spiro atoms. The van der Waals surface area contributed by atoms with Gasteiger partial charge in [0.25, 0.3) is 5.91 Å². The van der Waals surface area contributed by atoms with E-state index in [0.717, 1.165) is 48.9 Å². The highest BCUT2D eigenvalue weighted by molar-refractivity contribution is 7.98. The van der Waals surface area contributed by atoms with E-state index in [1.165, 1.54) is 11.1 Å². The molecule has 1 amide bonds. The first-order chi connectivity index (χ1) is 13.3. The van der Waals surface area contributed by atoms with E-state index in [-0.39, 0.29) is 5.91 Å². The maximum absolute atomic E-state index is 12.4. The minimum Gasteiger partial charge on any atom is -0.339 e. The van der Waals surface area contributed by atoms with Crippen molar-refractivity contribution in [2.24, 2.45) is 0 Å². The van der Waals surface area contributed by atoms with E-state index in [2.05, 4.69) is 45.9 Å². The predicted octanol–water partition coefficient (Wildman–Crippen LogP) is 4.46. The van der Waals surface area contributed by atoms with Crippen molar-refractivity contribution >= 4 is 17.7 Å². The molecule has 5 heteroatoms. The summed E-state index contributed by atoms with van der Waals surface area (Å²) in [5.74, 6) is 0.995. The molecule has 4 rings (SSSR count). The predicted molar refractivity (Wildman–Crippen MR) is 109 cm³/mol. The molecule has 4 nitrogen and oxygen atoms in total. The van der Waals surface area contributed by atoms with Gasteiger partial charge in [0.05, 0.1) is 0 Å². The Morgan fingerprint density at radius 1 is 0.963 bits per heavy atom. The second-order valence-corrected chi connectivity index (χ2v) is 7.75. The summed E-state index contributed by atoms with van der Waals surface area (Å²) >= 11 is 1.72. The molecular formula is C22H23N3OS. The summed E-state index contributed by atoms with van der Waals surface area (Å²) in [6, 6.07) is 18.4. The first-order valence-corrected chi connectivity index (χ1v) is 10.3. The van der Waals surface area contributed by atoms with Gasteiger partial charge in [-0.2, -0.15) is 0 Å². The topological polar surface area (TPSA) is 38.1 Å². The van der Waals surface area contributed by atoms with Gasteiger partial charge in [0.1, 0.15) is 0 Å². The van der Waals surface area contributed by atoms with Crippen molar-refractivity contribution in [2.45, 2.75) is 30.3 Å². The molecule has 0 atom stereocenters. The molecule has 2 heterocycles. The van der Waals surface area contributed by atoms with E-state index >= 15 is 0 Å². The van der Waals surface area contributed by atoms with E-state index in [1.54, 1.807) is 11.8 Å². The molecule has 0 N–H and O–H groups in total. The van der Waals surface area contributed by atoms with Gasteiger partial charge in [0.2, 0.25) is 0 Å². The zero-order valence-corrected chi connectivity index (χ0v) is 16.1. The van der Waals surface area contributed by atoms with Crippen molar-refractivity contribution in [1.82, 2.24) is 14.5 Å². The number of thioether (sulfide) groups is 1. The number of rotatable bonds is 6. The van der Waals surface area contributed by atoms with Crippen LogP contribution in [0.4, 0.5) is 0 Å². The molecule has 1 aliphatic rings. The fourth-order valence-corrected chi connectivity index (χ4v) is 4.25. The molecule has 0 bridgehead atoms. The Kier molecular flexibility index (Phi) is 5.58. The van der Waals surface area contributed by atoms with Crippen LogP contribution in [0, 0.1) is 0 Å². The van der Waals surface area contributed by atoms with Gasteiger partial charge in [0, 0.05) is 43.3 Å². The van der Waals surface area contributed by atoms with Crippen LogP contribution >= 0.6 is 11.8 Å². The minimum atomic E-state index is 0.158. The molecule has 1 aliphatic heterocycles. The van der Waals surface area contributed by atoms with Gasteiger partial charge >= 0.3 is 0 Å². The number of hydrogen-bond acceptors (Lipinski definition) is 3. The van der Waals surface area contributed by atoms with Crippen LogP contribution in [-0.4, -0.2) is 33.4 Å². The van der Waals surface area contributed by atoms with Crippen molar-refractivity contribution < 1.29 is 4.79 Å². The van der Waals surface area contributed by atoms with E-state index in [9.17, 15) is 4.79 Å². The zero-order valence-electron chi connectivity index (χ0n) is 15.3. The number of imidazole rings is 1. The number of amides is 1. The fourth-order valence-electron chi connectivity index (χ4n) is 3.33. The van der Waals surface area contributed by atoms with Crippen LogP contribution in [-0.2, 0) is 12.3 Å². The molecule has 1 fully saturated rings. The van der Waals surface area contributed by atoms with Gasteiger partial charge in [-0.15, -0.1) is 0 Å². The SMILES string of the molecule is O=C(c1ccc(CSc2nccn2Cc2ccccc2)cc1)N1CCCC1. The van der Waals surface area contributed by atoms with Crippen LogP contribution in [0.3, 0.4) is 0 Å². The summed E-state index contributed by atoms with van der Waals surface area (Å²) < 4.78 is 2.17. The monoisotopic (exact) mass is 377 g/mol. The zero-order chi connectivity index (χ0) is 18.5. The lowest BCUT2D eigenvalue weighted by molar-refractivity contribution is 0.0793. The molecule has 2 aromatic carbocycles. The summed E-state index contributed by atoms with van der Waals surface area (Å²) in [5.41, 5.74) is 3.26. The second-order valence-electron chi connectivity index (χ2n) is 6.81. The first kappa shape index (κ1) is 17.9. The number of nitrogens with zero attached hydrogens (tertiary/aromatic N) is 3. The minimum absolute atomic E-state index is 0.158. The molecular weight excluding hydrogens is 354 g/mol. The van der Waals surface area contributed by atoms with Crippen molar-refractivity contribution in [3.05, 3.63) is 83.7 Å². The number of carbonyl (C=O) groups excluding carboxylic acids is 1. The van der Waals surface area contributed by atoms with Crippen LogP contribution < -0.4 is 0 Å². The molecule has 3 aromatic rings. The van der Waals surface area contributed by atoms with Crippen LogP contribution in [0.25, 0.3) is 0 Å². The number of benzene rings is 2. The van der Waals surface area contributed by atoms with E-state index in [4.69, 9.17) is 0 Å². The third-order valence-corrected chi connectivity index (χ3v) is 5.91. The molecule has 138 valence electrons. The largest absolute Gasteiger partial charge is 0.339 e. The van der Waals surface area contributed by atoms with Gasteiger partial charge in [-0.3, -0.25) is 4.79 Å². The molecule has 1 saturated heterocycles. The van der Waals surface area contributed by atoms with Crippen LogP contribution in [0.1, 0.15) is 34.3 Å². The molecule has 1 aromatic heterocycles. The molecule has 0 saturated carbocycles. The summed E-state index contributed by atoms with van der Waals surface area (Å²) in [4.78, 5) is 18.9. The number of aromatic nitrogens is 2. The molecule has 0 aliphatic carbocycles. The van der Waals surface area contributed by atoms with Crippen LogP contribution in [0.5, 0.6) is 0 Å². The maximum atomic E-state index is 12.4. The van der Waals surface area contributed by atoms with Gasteiger partial charge in [-0.05, 0) is 36.1 Å². The van der Waals surface area contributed by atoms with Crippen molar-refractivity contribution in [3.63, 3.8) is 0 Å². The maximum Gasteiger partial charge on any atom is 0.253 e. The summed E-state index contributed by atoms with van der Waals surface area (Å²) in [7, 11) is 0. The Morgan fingerprint density at radius 3 is 2.44 bits per heavy atom. The summed E-state index contributed by atoms with van der Waals surface area (Å²) in [6.45, 7) is 2.60. The normalized spacial score (nSPS) is 13.9. The fraction of sp³-hybridized carbons (Fsp3) is 0.273. The third kappa shape index (κ3) is 4.42. The highest BCUT2D eigenvalue weighted by atomic mass is 32.2. The van der Waals surface area contributed by atoms with Crippen molar-refractivity contribution in [3.8, 4) is 0 Å². The second kappa shape index (κ2) is 8.44. The lowest BCUT2D eigenvalue weighted by Crippen LogP contribution is -2.27. The van der Waals surface area contributed by atoms with E-state index in [0.29, 0.717) is 0 Å². The molecule has 0 unspecified atom stereocenters. The average molecular weight is 378 g/mol. The van der Waals surface area contributed by atoms with Gasteiger partial charge in [-0.1, -0.05) is 54.2 Å². The summed E-state index contributed by atoms with van der Waals surface area (Å²) in [6.07, 6.45) is 6.11. The number of hydrogen-bond donors (Lipinski definition) is 0. The van der Waals surface area contributed by atoms with Crippen molar-refractivity contribution in [1.29, 1.82) is 0 Å². The first-order valence-electron chi connectivity index (χ1n) is 9.36. The number of carbonyl (C=O) groups is 1. The molecule has 27 heavy (non-hydrogen) atoms. The number of likely N-dealkylation sites (tertiary alicyclic amines) is 1. The third-order valence-electron chi connectivity index (χ3n) is 4.84. The van der Waals surface area contributed by atoms with Crippen molar-refractivity contribution in [2.75, 3.05) is 13.1 Å². The summed E-state index contributed by atoms with van der Waals surface area (Å²) in [5, 5.41) is 1.01. The Labute approximate surface area is 164 Å². The quantitative estimate of drug-likeness (QED) is 0.595. The Balaban J connectivity index is 1.37. The lowest BCUT2D eigenvalue weighted by atomic mass is 10.1. The standard InChI is InChI=1S/C22H23N3OS/c26-21(24-13-4-5-14-24)20-10-8-19(9-11-20)17-27-22-23-12-15-25(22)16-18-6-2-1-3-7-18/h1-3,6-12,15H,4-5,13-14,16-17H2. The Hall–Kier alpha value is -2.53. The average Bonchev–Trinajstić information content (AvgIpc) is 3.39. The Morgan fingerprint density at radius 2 is 1.70 bits per heavy atom. The lowest BCUT2D eigenvalue weighted by Gasteiger charge is -2.15. The van der Waals surface area contributed by atoms with Gasteiger partial charge in [0.15, 0.2) is 5.16 Å².